The van der Waals surface area contributed by atoms with Crippen molar-refractivity contribution in [2.24, 2.45) is 0 Å². The fourth-order valence-electron chi connectivity index (χ4n) is 3.54. The molecule has 0 saturated heterocycles. The Labute approximate surface area is 160 Å². The van der Waals surface area contributed by atoms with Crippen LogP contribution in [-0.4, -0.2) is 42.1 Å². The van der Waals surface area contributed by atoms with Gasteiger partial charge in [-0.2, -0.15) is 0 Å². The van der Waals surface area contributed by atoms with E-state index in [0.29, 0.717) is 16.8 Å². The maximum Gasteiger partial charge on any atom is 0.355 e. The maximum atomic E-state index is 12.3. The van der Waals surface area contributed by atoms with Crippen molar-refractivity contribution in [2.75, 3.05) is 13.2 Å². The summed E-state index contributed by atoms with van der Waals surface area (Å²) in [5.74, 6) is -1.43. The predicted molar refractivity (Wildman–Crippen MR) is 101 cm³/mol. The molecule has 1 saturated carbocycles. The van der Waals surface area contributed by atoms with Crippen molar-refractivity contribution in [3.05, 3.63) is 22.5 Å². The first-order chi connectivity index (χ1) is 12.9. The van der Waals surface area contributed by atoms with Gasteiger partial charge in [0, 0.05) is 11.7 Å². The third kappa shape index (κ3) is 5.84. The van der Waals surface area contributed by atoms with Crippen LogP contribution in [0, 0.1) is 13.8 Å². The number of hydrogen-bond donors (Lipinski definition) is 2. The smallest absolute Gasteiger partial charge is 0.355 e. The number of esters is 2. The Balaban J connectivity index is 1.90. The van der Waals surface area contributed by atoms with E-state index in [-0.39, 0.29) is 30.9 Å². The summed E-state index contributed by atoms with van der Waals surface area (Å²) < 4.78 is 10.2. The van der Waals surface area contributed by atoms with E-state index in [4.69, 9.17) is 9.47 Å². The predicted octanol–water partition coefficient (Wildman–Crippen LogP) is 3.19. The molecule has 1 fully saturated rings. The highest BCUT2D eigenvalue weighted by molar-refractivity contribution is 5.99. The summed E-state index contributed by atoms with van der Waals surface area (Å²) in [6, 6.07) is 0.154. The third-order valence-electron chi connectivity index (χ3n) is 4.93. The van der Waals surface area contributed by atoms with Gasteiger partial charge in [0.05, 0.1) is 12.2 Å². The number of aryl methyl sites for hydroxylation is 1. The van der Waals surface area contributed by atoms with E-state index in [0.717, 1.165) is 25.7 Å². The van der Waals surface area contributed by atoms with Gasteiger partial charge in [0.1, 0.15) is 5.69 Å². The van der Waals surface area contributed by atoms with Crippen molar-refractivity contribution in [2.45, 2.75) is 71.8 Å². The Hall–Kier alpha value is -2.31. The van der Waals surface area contributed by atoms with E-state index in [1.165, 1.54) is 19.3 Å². The Kier molecular flexibility index (Phi) is 7.88. The van der Waals surface area contributed by atoms with E-state index in [1.54, 1.807) is 20.8 Å². The highest BCUT2D eigenvalue weighted by Crippen LogP contribution is 2.20. The Morgan fingerprint density at radius 3 is 2.26 bits per heavy atom. The molecule has 27 heavy (non-hydrogen) atoms. The van der Waals surface area contributed by atoms with Crippen LogP contribution >= 0.6 is 0 Å². The normalized spacial score (nSPS) is 15.5. The molecule has 1 aromatic heterocycles. The Bertz CT molecular complexity index is 672. The first-order valence-electron chi connectivity index (χ1n) is 9.76. The van der Waals surface area contributed by atoms with Gasteiger partial charge < -0.3 is 19.8 Å². The van der Waals surface area contributed by atoms with E-state index in [9.17, 15) is 14.4 Å². The van der Waals surface area contributed by atoms with E-state index >= 15 is 0 Å². The zero-order valence-electron chi connectivity index (χ0n) is 16.5. The highest BCUT2D eigenvalue weighted by Gasteiger charge is 2.24. The zero-order valence-corrected chi connectivity index (χ0v) is 16.5. The maximum absolute atomic E-state index is 12.3. The summed E-state index contributed by atoms with van der Waals surface area (Å²) in [4.78, 5) is 39.3. The molecule has 1 amide bonds. The lowest BCUT2D eigenvalue weighted by atomic mass is 9.97. The summed E-state index contributed by atoms with van der Waals surface area (Å²) >= 11 is 0. The summed E-state index contributed by atoms with van der Waals surface area (Å²) in [6.45, 7) is 4.99. The van der Waals surface area contributed by atoms with Gasteiger partial charge in [-0.25, -0.2) is 9.59 Å². The van der Waals surface area contributed by atoms with Crippen LogP contribution in [0.4, 0.5) is 0 Å². The van der Waals surface area contributed by atoms with Crippen LogP contribution in [0.15, 0.2) is 0 Å². The average Bonchev–Trinajstić information content (AvgIpc) is 2.90. The van der Waals surface area contributed by atoms with Gasteiger partial charge in [0.2, 0.25) is 0 Å². The second-order valence-electron chi connectivity index (χ2n) is 7.03. The Morgan fingerprint density at radius 2 is 1.63 bits per heavy atom. The number of aromatic amines is 1. The molecule has 0 unspecified atom stereocenters. The molecule has 2 rings (SSSR count). The van der Waals surface area contributed by atoms with Gasteiger partial charge in [-0.15, -0.1) is 0 Å². The van der Waals surface area contributed by atoms with Crippen molar-refractivity contribution in [3.63, 3.8) is 0 Å². The summed E-state index contributed by atoms with van der Waals surface area (Å²) in [5.41, 5.74) is 1.52. The van der Waals surface area contributed by atoms with Gasteiger partial charge in [0.15, 0.2) is 6.61 Å². The van der Waals surface area contributed by atoms with Crippen LogP contribution in [0.1, 0.15) is 84.0 Å². The molecule has 7 heteroatoms. The molecule has 0 radical (unpaired) electrons. The lowest BCUT2D eigenvalue weighted by molar-refractivity contribution is -0.125. The number of aromatic nitrogens is 1. The van der Waals surface area contributed by atoms with Crippen LogP contribution in [0.2, 0.25) is 0 Å². The lowest BCUT2D eigenvalue weighted by Gasteiger charge is -2.20. The summed E-state index contributed by atoms with van der Waals surface area (Å²) in [7, 11) is 0. The van der Waals surface area contributed by atoms with Gasteiger partial charge in [-0.05, 0) is 39.2 Å². The number of H-pyrrole nitrogens is 1. The standard InChI is InChI=1S/C20H30N2O5/c1-4-26-19(24)17-13(2)18(21-14(17)3)20(25)27-12-16(23)22-15-10-8-6-5-7-9-11-15/h15,21H,4-12H2,1-3H3,(H,22,23). The van der Waals surface area contributed by atoms with Crippen molar-refractivity contribution in [1.82, 2.24) is 10.3 Å². The van der Waals surface area contributed by atoms with Crippen molar-refractivity contribution < 1.29 is 23.9 Å². The molecule has 7 nitrogen and oxygen atoms in total. The molecule has 1 aliphatic rings. The zero-order chi connectivity index (χ0) is 19.8. The first kappa shape index (κ1) is 21.0. The van der Waals surface area contributed by atoms with Gasteiger partial charge in [-0.3, -0.25) is 4.79 Å². The number of carbonyl (C=O) groups excluding carboxylic acids is 3. The van der Waals surface area contributed by atoms with Crippen LogP contribution < -0.4 is 5.32 Å². The topological polar surface area (TPSA) is 97.5 Å². The number of rotatable bonds is 6. The van der Waals surface area contributed by atoms with Crippen molar-refractivity contribution >= 4 is 17.8 Å². The van der Waals surface area contributed by atoms with Gasteiger partial charge in [-0.1, -0.05) is 32.1 Å². The number of carbonyl (C=O) groups is 3. The largest absolute Gasteiger partial charge is 0.462 e. The summed E-state index contributed by atoms with van der Waals surface area (Å²) in [6.07, 6.45) is 7.84. The fourth-order valence-corrected chi connectivity index (χ4v) is 3.54. The molecule has 0 aliphatic heterocycles. The number of ether oxygens (including phenoxy) is 2. The highest BCUT2D eigenvalue weighted by atomic mass is 16.5. The minimum atomic E-state index is -0.654. The second kappa shape index (κ2) is 10.1. The van der Waals surface area contributed by atoms with Crippen molar-refractivity contribution in [1.29, 1.82) is 0 Å². The molecule has 0 bridgehead atoms. The van der Waals surface area contributed by atoms with Gasteiger partial charge in [0.25, 0.3) is 5.91 Å². The quantitative estimate of drug-likeness (QED) is 0.741. The van der Waals surface area contributed by atoms with E-state index in [1.807, 2.05) is 0 Å². The molecule has 150 valence electrons. The van der Waals surface area contributed by atoms with Crippen LogP contribution in [-0.2, 0) is 14.3 Å². The molecule has 0 spiro atoms. The van der Waals surface area contributed by atoms with Crippen LogP contribution in [0.5, 0.6) is 0 Å². The van der Waals surface area contributed by atoms with Crippen LogP contribution in [0.25, 0.3) is 0 Å². The van der Waals surface area contributed by atoms with E-state index < -0.39 is 11.9 Å². The average molecular weight is 378 g/mol. The Morgan fingerprint density at radius 1 is 1.00 bits per heavy atom. The van der Waals surface area contributed by atoms with Gasteiger partial charge >= 0.3 is 11.9 Å². The molecular weight excluding hydrogens is 348 g/mol. The monoisotopic (exact) mass is 378 g/mol. The third-order valence-corrected chi connectivity index (χ3v) is 4.93. The van der Waals surface area contributed by atoms with Crippen LogP contribution in [0.3, 0.4) is 0 Å². The molecule has 1 heterocycles. The second-order valence-corrected chi connectivity index (χ2v) is 7.03. The minimum Gasteiger partial charge on any atom is -0.462 e. The SMILES string of the molecule is CCOC(=O)c1c(C)[nH]c(C(=O)OCC(=O)NC2CCCCCCC2)c1C. The lowest BCUT2D eigenvalue weighted by Crippen LogP contribution is -2.38. The number of amides is 1. The fraction of sp³-hybridized carbons (Fsp3) is 0.650. The number of hydrogen-bond acceptors (Lipinski definition) is 5. The molecule has 1 aromatic rings. The molecular formula is C20H30N2O5. The molecule has 0 atom stereocenters. The minimum absolute atomic E-state index is 0.154. The molecule has 1 aliphatic carbocycles. The van der Waals surface area contributed by atoms with Crippen molar-refractivity contribution in [3.8, 4) is 0 Å². The number of nitrogens with one attached hydrogen (secondary N) is 2. The molecule has 2 N–H and O–H groups in total. The summed E-state index contributed by atoms with van der Waals surface area (Å²) in [5, 5.41) is 2.96. The first-order valence-corrected chi connectivity index (χ1v) is 9.76. The molecule has 0 aromatic carbocycles. The van der Waals surface area contributed by atoms with E-state index in [2.05, 4.69) is 10.3 Å².